The van der Waals surface area contributed by atoms with Gasteiger partial charge in [0.25, 0.3) is 0 Å². The van der Waals surface area contributed by atoms with Crippen LogP contribution in [-0.2, 0) is 11.2 Å². The molecule has 1 aromatic carbocycles. The summed E-state index contributed by atoms with van der Waals surface area (Å²) in [6.45, 7) is 4.21. The highest BCUT2D eigenvalue weighted by Crippen LogP contribution is 2.25. The Morgan fingerprint density at radius 3 is 2.82 bits per heavy atom. The van der Waals surface area contributed by atoms with E-state index in [4.69, 9.17) is 9.84 Å². The number of hydrogen-bond donors (Lipinski definition) is 1. The molecule has 0 fully saturated rings. The second-order valence-corrected chi connectivity index (χ2v) is 6.16. The zero-order valence-electron chi connectivity index (χ0n) is 12.8. The number of carboxylic acid groups (broad SMARTS) is 1. The van der Waals surface area contributed by atoms with Gasteiger partial charge < -0.3 is 9.84 Å². The molecule has 0 saturated heterocycles. The molecule has 0 spiro atoms. The third-order valence-corrected chi connectivity index (χ3v) is 3.84. The van der Waals surface area contributed by atoms with Crippen molar-refractivity contribution in [3.05, 3.63) is 30.1 Å². The van der Waals surface area contributed by atoms with Crippen molar-refractivity contribution in [1.82, 2.24) is 14.8 Å². The number of carboxylic acids is 1. The Morgan fingerprint density at radius 2 is 2.18 bits per heavy atom. The van der Waals surface area contributed by atoms with E-state index >= 15 is 0 Å². The lowest BCUT2D eigenvalue weighted by atomic mass is 10.1. The largest absolute Gasteiger partial charge is 0.497 e. The number of thioether (sulfide) groups is 1. The third kappa shape index (κ3) is 4.00. The zero-order valence-corrected chi connectivity index (χ0v) is 13.6. The second-order valence-electron chi connectivity index (χ2n) is 5.22. The molecule has 2 rings (SSSR count). The van der Waals surface area contributed by atoms with Gasteiger partial charge in [-0.15, -0.1) is 10.2 Å². The zero-order chi connectivity index (χ0) is 16.1. The van der Waals surface area contributed by atoms with E-state index in [9.17, 15) is 4.79 Å². The number of methoxy groups -OCH3 is 1. The highest BCUT2D eigenvalue weighted by molar-refractivity contribution is 7.99. The van der Waals surface area contributed by atoms with E-state index in [2.05, 4.69) is 24.0 Å². The lowest BCUT2D eigenvalue weighted by Crippen LogP contribution is -2.07. The first-order valence-electron chi connectivity index (χ1n) is 6.94. The van der Waals surface area contributed by atoms with E-state index in [1.54, 1.807) is 7.11 Å². The Bertz CT molecular complexity index is 655. The Kier molecular flexibility index (Phi) is 5.43. The van der Waals surface area contributed by atoms with Crippen LogP contribution in [0.25, 0.3) is 5.69 Å². The van der Waals surface area contributed by atoms with Gasteiger partial charge in [0, 0.05) is 12.5 Å². The molecule has 0 aliphatic heterocycles. The summed E-state index contributed by atoms with van der Waals surface area (Å²) in [7, 11) is 1.61. The van der Waals surface area contributed by atoms with Gasteiger partial charge in [0.05, 0.1) is 18.6 Å². The van der Waals surface area contributed by atoms with Crippen LogP contribution in [-0.4, -0.2) is 38.7 Å². The van der Waals surface area contributed by atoms with Crippen LogP contribution in [0.4, 0.5) is 0 Å². The molecule has 0 aliphatic carbocycles. The van der Waals surface area contributed by atoms with Gasteiger partial charge in [0.1, 0.15) is 11.6 Å². The summed E-state index contributed by atoms with van der Waals surface area (Å²) in [5, 5.41) is 17.8. The predicted molar refractivity (Wildman–Crippen MR) is 84.8 cm³/mol. The molecule has 0 bridgehead atoms. The monoisotopic (exact) mass is 321 g/mol. The first-order chi connectivity index (χ1) is 10.5. The molecule has 1 aromatic heterocycles. The van der Waals surface area contributed by atoms with Crippen LogP contribution in [0.5, 0.6) is 5.75 Å². The SMILES string of the molecule is COc1cccc(-n2c(CC(C)C)nnc2SCC(=O)O)c1. The topological polar surface area (TPSA) is 77.2 Å². The van der Waals surface area contributed by atoms with Gasteiger partial charge in [0.15, 0.2) is 5.16 Å². The van der Waals surface area contributed by atoms with E-state index in [0.717, 1.165) is 35.4 Å². The number of carbonyl (C=O) groups is 1. The van der Waals surface area contributed by atoms with Crippen molar-refractivity contribution in [2.75, 3.05) is 12.9 Å². The Labute approximate surface area is 133 Å². The van der Waals surface area contributed by atoms with Crippen LogP contribution >= 0.6 is 11.8 Å². The highest BCUT2D eigenvalue weighted by Gasteiger charge is 2.16. The molecule has 0 aliphatic rings. The lowest BCUT2D eigenvalue weighted by molar-refractivity contribution is -0.133. The van der Waals surface area contributed by atoms with Crippen molar-refractivity contribution < 1.29 is 14.6 Å². The van der Waals surface area contributed by atoms with Crippen molar-refractivity contribution in [3.63, 3.8) is 0 Å². The highest BCUT2D eigenvalue weighted by atomic mass is 32.2. The molecule has 0 radical (unpaired) electrons. The predicted octanol–water partition coefficient (Wildman–Crippen LogP) is 2.65. The number of rotatable bonds is 7. The molecule has 118 valence electrons. The maximum atomic E-state index is 10.8. The molecule has 22 heavy (non-hydrogen) atoms. The molecule has 0 atom stereocenters. The minimum atomic E-state index is -0.879. The molecule has 7 heteroatoms. The Morgan fingerprint density at radius 1 is 1.41 bits per heavy atom. The van der Waals surface area contributed by atoms with E-state index in [0.29, 0.717) is 11.1 Å². The minimum absolute atomic E-state index is 0.0518. The van der Waals surface area contributed by atoms with Gasteiger partial charge in [0.2, 0.25) is 0 Å². The Hall–Kier alpha value is -2.02. The van der Waals surface area contributed by atoms with Gasteiger partial charge in [-0.25, -0.2) is 0 Å². The Balaban J connectivity index is 2.43. The van der Waals surface area contributed by atoms with Crippen LogP contribution in [0.2, 0.25) is 0 Å². The number of aromatic nitrogens is 3. The fourth-order valence-electron chi connectivity index (χ4n) is 2.03. The average molecular weight is 321 g/mol. The first-order valence-corrected chi connectivity index (χ1v) is 7.93. The molecule has 2 aromatic rings. The maximum Gasteiger partial charge on any atom is 0.313 e. The van der Waals surface area contributed by atoms with Gasteiger partial charge in [-0.2, -0.15) is 0 Å². The van der Waals surface area contributed by atoms with Crippen LogP contribution in [0.15, 0.2) is 29.4 Å². The van der Waals surface area contributed by atoms with Gasteiger partial charge in [-0.05, 0) is 18.1 Å². The van der Waals surface area contributed by atoms with Crippen molar-refractivity contribution in [2.45, 2.75) is 25.4 Å². The van der Waals surface area contributed by atoms with E-state index < -0.39 is 5.97 Å². The fourth-order valence-corrected chi connectivity index (χ4v) is 2.72. The molecule has 1 N–H and O–H groups in total. The lowest BCUT2D eigenvalue weighted by Gasteiger charge is -2.12. The molecular formula is C15H19N3O3S. The molecular weight excluding hydrogens is 302 g/mol. The quantitative estimate of drug-likeness (QED) is 0.790. The summed E-state index contributed by atoms with van der Waals surface area (Å²) in [5.41, 5.74) is 0.868. The normalized spacial score (nSPS) is 10.9. The van der Waals surface area contributed by atoms with Gasteiger partial charge in [-0.3, -0.25) is 9.36 Å². The van der Waals surface area contributed by atoms with Crippen molar-refractivity contribution in [3.8, 4) is 11.4 Å². The summed E-state index contributed by atoms with van der Waals surface area (Å²) in [5.74, 6) is 1.04. The van der Waals surface area contributed by atoms with Crippen molar-refractivity contribution in [1.29, 1.82) is 0 Å². The third-order valence-electron chi connectivity index (χ3n) is 2.93. The average Bonchev–Trinajstić information content (AvgIpc) is 2.87. The van der Waals surface area contributed by atoms with Crippen LogP contribution in [0.3, 0.4) is 0 Å². The minimum Gasteiger partial charge on any atom is -0.497 e. The maximum absolute atomic E-state index is 10.8. The summed E-state index contributed by atoms with van der Waals surface area (Å²) in [6, 6.07) is 7.57. The number of aliphatic carboxylic acids is 1. The van der Waals surface area contributed by atoms with Crippen molar-refractivity contribution in [2.24, 2.45) is 5.92 Å². The number of hydrogen-bond acceptors (Lipinski definition) is 5. The van der Waals surface area contributed by atoms with Gasteiger partial charge >= 0.3 is 5.97 Å². The molecule has 1 heterocycles. The first kappa shape index (κ1) is 16.4. The number of ether oxygens (including phenoxy) is 1. The fraction of sp³-hybridized carbons (Fsp3) is 0.400. The van der Waals surface area contributed by atoms with Crippen LogP contribution in [0.1, 0.15) is 19.7 Å². The number of benzene rings is 1. The molecule has 0 amide bonds. The second kappa shape index (κ2) is 7.31. The standard InChI is InChI=1S/C15H19N3O3S/c1-10(2)7-13-16-17-15(22-9-14(19)20)18(13)11-5-4-6-12(8-11)21-3/h4-6,8,10H,7,9H2,1-3H3,(H,19,20). The van der Waals surface area contributed by atoms with Crippen LogP contribution < -0.4 is 4.74 Å². The smallest absolute Gasteiger partial charge is 0.313 e. The van der Waals surface area contributed by atoms with E-state index in [1.165, 1.54) is 0 Å². The van der Waals surface area contributed by atoms with E-state index in [-0.39, 0.29) is 5.75 Å². The molecule has 0 saturated carbocycles. The van der Waals surface area contributed by atoms with E-state index in [1.807, 2.05) is 28.8 Å². The molecule has 0 unspecified atom stereocenters. The van der Waals surface area contributed by atoms with Gasteiger partial charge in [-0.1, -0.05) is 31.7 Å². The summed E-state index contributed by atoms with van der Waals surface area (Å²) in [6.07, 6.45) is 0.762. The molecule has 6 nitrogen and oxygen atoms in total. The summed E-state index contributed by atoms with van der Waals surface area (Å²) < 4.78 is 7.16. The van der Waals surface area contributed by atoms with Crippen LogP contribution in [0, 0.1) is 5.92 Å². The summed E-state index contributed by atoms with van der Waals surface area (Å²) >= 11 is 1.16. The number of nitrogens with zero attached hydrogens (tertiary/aromatic N) is 3. The summed E-state index contributed by atoms with van der Waals surface area (Å²) in [4.78, 5) is 10.8. The van der Waals surface area contributed by atoms with Crippen molar-refractivity contribution >= 4 is 17.7 Å².